The predicted octanol–water partition coefficient (Wildman–Crippen LogP) is 3.53. The molecule has 3 heteroatoms. The lowest BCUT2D eigenvalue weighted by molar-refractivity contribution is -0.151. The monoisotopic (exact) mass is 284 g/mol. The maximum absolute atomic E-state index is 10.6. The highest BCUT2D eigenvalue weighted by Gasteiger charge is 2.60. The summed E-state index contributed by atoms with van der Waals surface area (Å²) in [6, 6.07) is 0. The average molecular weight is 284 g/mol. The van der Waals surface area contributed by atoms with E-state index in [1.54, 1.807) is 0 Å². The van der Waals surface area contributed by atoms with Crippen molar-refractivity contribution in [2.75, 3.05) is 6.61 Å². The van der Waals surface area contributed by atoms with Crippen molar-refractivity contribution in [2.24, 2.45) is 29.1 Å². The second-order valence-corrected chi connectivity index (χ2v) is 9.29. The fourth-order valence-corrected chi connectivity index (χ4v) is 6.09. The van der Waals surface area contributed by atoms with Crippen LogP contribution in [0.5, 0.6) is 0 Å². The van der Waals surface area contributed by atoms with E-state index in [4.69, 9.17) is 4.74 Å². The van der Waals surface area contributed by atoms with Crippen LogP contribution in [-0.2, 0) is 4.74 Å². The molecule has 0 aromatic heterocycles. The second kappa shape index (κ2) is 4.38. The number of thioether (sulfide) groups is 1. The van der Waals surface area contributed by atoms with Gasteiger partial charge < -0.3 is 9.84 Å². The van der Waals surface area contributed by atoms with E-state index in [0.29, 0.717) is 16.6 Å². The zero-order chi connectivity index (χ0) is 14.0. The molecule has 2 bridgehead atoms. The van der Waals surface area contributed by atoms with Gasteiger partial charge >= 0.3 is 0 Å². The van der Waals surface area contributed by atoms with Gasteiger partial charge in [-0.05, 0) is 48.9 Å². The highest BCUT2D eigenvalue weighted by Crippen LogP contribution is 2.65. The molecule has 1 aliphatic heterocycles. The summed E-state index contributed by atoms with van der Waals surface area (Å²) >= 11 is 1.91. The molecule has 4 aliphatic rings. The van der Waals surface area contributed by atoms with Crippen LogP contribution in [0.2, 0.25) is 0 Å². The van der Waals surface area contributed by atoms with Crippen LogP contribution in [0.4, 0.5) is 0 Å². The van der Waals surface area contributed by atoms with Crippen molar-refractivity contribution in [3.05, 3.63) is 0 Å². The smallest absolute Gasteiger partial charge is 0.132 e. The highest BCUT2D eigenvalue weighted by molar-refractivity contribution is 8.00. The zero-order valence-electron chi connectivity index (χ0n) is 12.8. The Morgan fingerprint density at radius 3 is 2.58 bits per heavy atom. The molecule has 4 fully saturated rings. The van der Waals surface area contributed by atoms with Crippen molar-refractivity contribution >= 4 is 11.8 Å². The Balaban J connectivity index is 1.71. The van der Waals surface area contributed by atoms with Gasteiger partial charge in [-0.25, -0.2) is 0 Å². The van der Waals surface area contributed by atoms with Gasteiger partial charge in [0.2, 0.25) is 0 Å². The number of aliphatic hydroxyl groups is 1. The standard InChI is InChI=1S/C16H28O2S/c1-9(2)16(5,17)14-18-8-11-12-6-10(15(12,3)4)7-13(11)19-14/h9-14,17H,6-8H2,1-5H3/t10-,11+,12+,13+,14?,16+/m1/s1. The lowest BCUT2D eigenvalue weighted by Crippen LogP contribution is -2.61. The number of hydrogen-bond donors (Lipinski definition) is 1. The molecule has 0 amide bonds. The second-order valence-electron chi connectivity index (χ2n) is 7.98. The number of rotatable bonds is 2. The summed E-state index contributed by atoms with van der Waals surface area (Å²) in [6.07, 6.45) is 2.73. The molecule has 6 atom stereocenters. The Labute approximate surface area is 121 Å². The van der Waals surface area contributed by atoms with E-state index in [0.717, 1.165) is 18.4 Å². The van der Waals surface area contributed by atoms with Crippen LogP contribution in [0.15, 0.2) is 0 Å². The minimum atomic E-state index is -0.715. The van der Waals surface area contributed by atoms with Crippen LogP contribution in [0.25, 0.3) is 0 Å². The molecule has 1 N–H and O–H groups in total. The molecule has 0 aromatic carbocycles. The first-order chi connectivity index (χ1) is 8.74. The molecule has 4 rings (SSSR count). The van der Waals surface area contributed by atoms with Crippen molar-refractivity contribution in [3.8, 4) is 0 Å². The van der Waals surface area contributed by atoms with E-state index in [9.17, 15) is 5.11 Å². The van der Waals surface area contributed by atoms with Gasteiger partial charge in [0.05, 0.1) is 12.2 Å². The molecule has 0 aromatic rings. The Morgan fingerprint density at radius 2 is 2.00 bits per heavy atom. The fraction of sp³-hybridized carbons (Fsp3) is 1.00. The Morgan fingerprint density at radius 1 is 1.32 bits per heavy atom. The number of ether oxygens (including phenoxy) is 1. The summed E-state index contributed by atoms with van der Waals surface area (Å²) in [4.78, 5) is 0. The lowest BCUT2D eigenvalue weighted by atomic mass is 9.45. The molecule has 2 nitrogen and oxygen atoms in total. The van der Waals surface area contributed by atoms with Crippen LogP contribution >= 0.6 is 11.8 Å². The van der Waals surface area contributed by atoms with Gasteiger partial charge in [0, 0.05) is 5.25 Å². The molecule has 1 heterocycles. The maximum Gasteiger partial charge on any atom is 0.132 e. The van der Waals surface area contributed by atoms with Crippen LogP contribution in [0.3, 0.4) is 0 Å². The first-order valence-electron chi connectivity index (χ1n) is 7.74. The first kappa shape index (κ1) is 14.2. The summed E-state index contributed by atoms with van der Waals surface area (Å²) in [5, 5.41) is 11.3. The lowest BCUT2D eigenvalue weighted by Gasteiger charge is -2.64. The van der Waals surface area contributed by atoms with E-state index >= 15 is 0 Å². The quantitative estimate of drug-likeness (QED) is 0.841. The molecular formula is C16H28O2S. The van der Waals surface area contributed by atoms with Crippen LogP contribution in [0, 0.1) is 29.1 Å². The van der Waals surface area contributed by atoms with Gasteiger partial charge in [-0.15, -0.1) is 11.8 Å². The number of hydrogen-bond acceptors (Lipinski definition) is 3. The topological polar surface area (TPSA) is 29.5 Å². The molecular weight excluding hydrogens is 256 g/mol. The Kier molecular flexibility index (Phi) is 3.28. The van der Waals surface area contributed by atoms with Crippen molar-refractivity contribution in [1.29, 1.82) is 0 Å². The van der Waals surface area contributed by atoms with Gasteiger partial charge in [0.15, 0.2) is 0 Å². The highest BCUT2D eigenvalue weighted by atomic mass is 32.2. The molecule has 1 saturated heterocycles. The average Bonchev–Trinajstić information content (AvgIpc) is 2.36. The summed E-state index contributed by atoms with van der Waals surface area (Å²) in [5.74, 6) is 2.68. The molecule has 0 spiro atoms. The molecule has 1 unspecified atom stereocenters. The maximum atomic E-state index is 10.6. The third kappa shape index (κ3) is 1.99. The summed E-state index contributed by atoms with van der Waals surface area (Å²) in [6.45, 7) is 11.8. The van der Waals surface area contributed by atoms with Crippen molar-refractivity contribution < 1.29 is 9.84 Å². The van der Waals surface area contributed by atoms with E-state index < -0.39 is 5.60 Å². The van der Waals surface area contributed by atoms with Crippen LogP contribution in [-0.4, -0.2) is 28.0 Å². The predicted molar refractivity (Wildman–Crippen MR) is 80.1 cm³/mol. The molecule has 19 heavy (non-hydrogen) atoms. The SMILES string of the molecule is CC(C)[C@](C)(O)C1OC[C@@H]2[C@H](C[C@H]3C[C@@H]2C3(C)C)S1. The molecule has 0 radical (unpaired) electrons. The van der Waals surface area contributed by atoms with Gasteiger partial charge in [-0.2, -0.15) is 0 Å². The minimum Gasteiger partial charge on any atom is -0.386 e. The zero-order valence-corrected chi connectivity index (χ0v) is 13.7. The first-order valence-corrected chi connectivity index (χ1v) is 8.68. The normalized spacial score (nSPS) is 47.2. The summed E-state index contributed by atoms with van der Waals surface area (Å²) in [7, 11) is 0. The summed E-state index contributed by atoms with van der Waals surface area (Å²) in [5.41, 5.74) is -0.236. The van der Waals surface area contributed by atoms with E-state index in [2.05, 4.69) is 27.7 Å². The van der Waals surface area contributed by atoms with Crippen LogP contribution < -0.4 is 0 Å². The third-order valence-electron chi connectivity index (χ3n) is 6.44. The van der Waals surface area contributed by atoms with Gasteiger partial charge in [0.25, 0.3) is 0 Å². The van der Waals surface area contributed by atoms with Gasteiger partial charge in [-0.1, -0.05) is 27.7 Å². The van der Waals surface area contributed by atoms with E-state index in [1.165, 1.54) is 12.8 Å². The van der Waals surface area contributed by atoms with Crippen molar-refractivity contribution in [2.45, 2.75) is 63.7 Å². The Bertz CT molecular complexity index is 364. The molecule has 3 saturated carbocycles. The Hall–Kier alpha value is 0.270. The van der Waals surface area contributed by atoms with Crippen LogP contribution in [0.1, 0.15) is 47.5 Å². The van der Waals surface area contributed by atoms with E-state index in [1.807, 2.05) is 18.7 Å². The summed E-state index contributed by atoms with van der Waals surface area (Å²) < 4.78 is 6.07. The van der Waals surface area contributed by atoms with Crippen molar-refractivity contribution in [1.82, 2.24) is 0 Å². The van der Waals surface area contributed by atoms with Crippen molar-refractivity contribution in [3.63, 3.8) is 0 Å². The van der Waals surface area contributed by atoms with E-state index in [-0.39, 0.29) is 11.4 Å². The molecule has 3 aliphatic carbocycles. The van der Waals surface area contributed by atoms with Gasteiger partial charge in [-0.3, -0.25) is 0 Å². The third-order valence-corrected chi connectivity index (χ3v) is 8.19. The molecule has 110 valence electrons. The fourth-order valence-electron chi connectivity index (χ4n) is 4.25. The largest absolute Gasteiger partial charge is 0.386 e. The van der Waals surface area contributed by atoms with Gasteiger partial charge in [0.1, 0.15) is 5.44 Å². The minimum absolute atomic E-state index is 0.0469.